The number of aldehydes is 1. The van der Waals surface area contributed by atoms with Crippen LogP contribution >= 0.6 is 0 Å². The van der Waals surface area contributed by atoms with Crippen molar-refractivity contribution in [1.29, 1.82) is 0 Å². The predicted molar refractivity (Wildman–Crippen MR) is 87.1 cm³/mol. The number of hydrogen-bond donors (Lipinski definition) is 2. The number of amides is 1. The number of furan rings is 1. The fourth-order valence-corrected chi connectivity index (χ4v) is 2.55. The monoisotopic (exact) mass is 309 g/mol. The molecule has 0 fully saturated rings. The second-order valence-electron chi connectivity index (χ2n) is 5.34. The number of benzene rings is 2. The summed E-state index contributed by atoms with van der Waals surface area (Å²) in [4.78, 5) is 23.9. The van der Waals surface area contributed by atoms with Crippen LogP contribution in [0.25, 0.3) is 11.0 Å². The number of rotatable bonds is 3. The van der Waals surface area contributed by atoms with Gasteiger partial charge in [0.25, 0.3) is 5.91 Å². The standard InChI is InChI=1S/C18H15NO4/c1-10-3-5-12(6-4-10)19-18(22)16-11(2)23-15-8-7-14(21)13(9-20)17(15)16/h3-9,21H,1-2H3,(H,19,22). The van der Waals surface area contributed by atoms with E-state index in [4.69, 9.17) is 4.42 Å². The molecule has 5 nitrogen and oxygen atoms in total. The minimum atomic E-state index is -0.390. The van der Waals surface area contributed by atoms with E-state index in [1.807, 2.05) is 19.1 Å². The SMILES string of the molecule is Cc1ccc(NC(=O)c2c(C)oc3ccc(O)c(C=O)c23)cc1. The van der Waals surface area contributed by atoms with Crippen LogP contribution in [0.1, 0.15) is 32.0 Å². The van der Waals surface area contributed by atoms with Gasteiger partial charge < -0.3 is 14.8 Å². The van der Waals surface area contributed by atoms with Gasteiger partial charge in [-0.25, -0.2) is 0 Å². The molecule has 1 aromatic heterocycles. The fourth-order valence-electron chi connectivity index (χ4n) is 2.55. The molecule has 116 valence electrons. The van der Waals surface area contributed by atoms with Gasteiger partial charge in [0.2, 0.25) is 0 Å². The van der Waals surface area contributed by atoms with Crippen molar-refractivity contribution >= 4 is 28.8 Å². The van der Waals surface area contributed by atoms with Crippen LogP contribution in [-0.2, 0) is 0 Å². The Bertz CT molecular complexity index is 907. The molecule has 0 spiro atoms. The molecule has 2 aromatic carbocycles. The highest BCUT2D eigenvalue weighted by Gasteiger charge is 2.22. The zero-order valence-corrected chi connectivity index (χ0v) is 12.7. The average Bonchev–Trinajstić information content (AvgIpc) is 2.86. The van der Waals surface area contributed by atoms with Crippen LogP contribution in [-0.4, -0.2) is 17.3 Å². The Balaban J connectivity index is 2.09. The summed E-state index contributed by atoms with van der Waals surface area (Å²) in [7, 11) is 0. The van der Waals surface area contributed by atoms with Gasteiger partial charge in [-0.1, -0.05) is 17.7 Å². The smallest absolute Gasteiger partial charge is 0.259 e. The Kier molecular flexibility index (Phi) is 3.62. The molecule has 0 aliphatic heterocycles. The lowest BCUT2D eigenvalue weighted by Crippen LogP contribution is -2.13. The van der Waals surface area contributed by atoms with Crippen molar-refractivity contribution in [2.24, 2.45) is 0 Å². The number of aromatic hydroxyl groups is 1. The zero-order valence-electron chi connectivity index (χ0n) is 12.7. The highest BCUT2D eigenvalue weighted by molar-refractivity contribution is 6.17. The summed E-state index contributed by atoms with van der Waals surface area (Å²) >= 11 is 0. The van der Waals surface area contributed by atoms with E-state index in [0.717, 1.165) is 5.56 Å². The molecule has 0 aliphatic rings. The Hall–Kier alpha value is -3.08. The Morgan fingerprint density at radius 1 is 1.13 bits per heavy atom. The molecular formula is C18H15NO4. The van der Waals surface area contributed by atoms with E-state index >= 15 is 0 Å². The third-order valence-corrected chi connectivity index (χ3v) is 3.70. The third kappa shape index (κ3) is 2.57. The molecule has 0 unspecified atom stereocenters. The van der Waals surface area contributed by atoms with Gasteiger partial charge in [-0.05, 0) is 38.1 Å². The maximum absolute atomic E-state index is 12.6. The highest BCUT2D eigenvalue weighted by Crippen LogP contribution is 2.33. The summed E-state index contributed by atoms with van der Waals surface area (Å²) in [5.41, 5.74) is 2.41. The van der Waals surface area contributed by atoms with E-state index in [2.05, 4.69) is 5.32 Å². The maximum atomic E-state index is 12.6. The first kappa shape index (κ1) is 14.8. The highest BCUT2D eigenvalue weighted by atomic mass is 16.3. The topological polar surface area (TPSA) is 79.5 Å². The Labute approximate surface area is 132 Å². The number of hydrogen-bond acceptors (Lipinski definition) is 4. The summed E-state index contributed by atoms with van der Waals surface area (Å²) in [6, 6.07) is 10.3. The minimum absolute atomic E-state index is 0.0495. The lowest BCUT2D eigenvalue weighted by Gasteiger charge is -2.06. The molecule has 1 heterocycles. The first-order valence-electron chi connectivity index (χ1n) is 7.09. The number of carbonyl (C=O) groups is 2. The Morgan fingerprint density at radius 2 is 1.83 bits per heavy atom. The summed E-state index contributed by atoms with van der Waals surface area (Å²) in [5, 5.41) is 12.9. The van der Waals surface area contributed by atoms with Crippen LogP contribution in [0.5, 0.6) is 5.75 Å². The molecule has 0 aliphatic carbocycles. The van der Waals surface area contributed by atoms with Gasteiger partial charge in [-0.2, -0.15) is 0 Å². The van der Waals surface area contributed by atoms with Crippen LogP contribution < -0.4 is 5.32 Å². The van der Waals surface area contributed by atoms with E-state index < -0.39 is 0 Å². The zero-order chi connectivity index (χ0) is 16.6. The molecule has 3 aromatic rings. The molecular weight excluding hydrogens is 294 g/mol. The van der Waals surface area contributed by atoms with Crippen LogP contribution in [0, 0.1) is 13.8 Å². The number of fused-ring (bicyclic) bond motifs is 1. The van der Waals surface area contributed by atoms with Crippen LogP contribution in [0.2, 0.25) is 0 Å². The molecule has 2 N–H and O–H groups in total. The third-order valence-electron chi connectivity index (χ3n) is 3.70. The molecule has 1 amide bonds. The normalized spacial score (nSPS) is 10.7. The number of aryl methyl sites for hydroxylation is 2. The van der Waals surface area contributed by atoms with E-state index in [1.54, 1.807) is 19.1 Å². The Morgan fingerprint density at radius 3 is 2.48 bits per heavy atom. The van der Waals surface area contributed by atoms with E-state index in [-0.39, 0.29) is 22.8 Å². The molecule has 0 saturated carbocycles. The van der Waals surface area contributed by atoms with Crippen molar-refractivity contribution in [3.8, 4) is 5.75 Å². The first-order valence-corrected chi connectivity index (χ1v) is 7.09. The number of phenolic OH excluding ortho intramolecular Hbond substituents is 1. The summed E-state index contributed by atoms with van der Waals surface area (Å²) in [6.07, 6.45) is 0.523. The molecule has 0 bridgehead atoms. The molecule has 23 heavy (non-hydrogen) atoms. The lowest BCUT2D eigenvalue weighted by molar-refractivity contribution is 0.102. The number of nitrogens with one attached hydrogen (secondary N) is 1. The summed E-state index contributed by atoms with van der Waals surface area (Å²) < 4.78 is 5.54. The number of phenols is 1. The van der Waals surface area contributed by atoms with Crippen molar-refractivity contribution in [3.05, 3.63) is 58.8 Å². The van der Waals surface area contributed by atoms with Gasteiger partial charge in [0.05, 0.1) is 11.1 Å². The van der Waals surface area contributed by atoms with Crippen molar-refractivity contribution in [2.45, 2.75) is 13.8 Å². The van der Waals surface area contributed by atoms with Gasteiger partial charge in [0.1, 0.15) is 17.1 Å². The van der Waals surface area contributed by atoms with Crippen LogP contribution in [0.15, 0.2) is 40.8 Å². The van der Waals surface area contributed by atoms with Gasteiger partial charge >= 0.3 is 0 Å². The molecule has 5 heteroatoms. The first-order chi connectivity index (χ1) is 11.0. The van der Waals surface area contributed by atoms with Crippen LogP contribution in [0.3, 0.4) is 0 Å². The van der Waals surface area contributed by atoms with Crippen molar-refractivity contribution in [3.63, 3.8) is 0 Å². The van der Waals surface area contributed by atoms with Crippen molar-refractivity contribution < 1.29 is 19.1 Å². The molecule has 0 atom stereocenters. The van der Waals surface area contributed by atoms with Gasteiger partial charge in [-0.15, -0.1) is 0 Å². The second kappa shape index (κ2) is 5.61. The molecule has 0 saturated heterocycles. The average molecular weight is 309 g/mol. The largest absolute Gasteiger partial charge is 0.507 e. The molecule has 0 radical (unpaired) electrons. The quantitative estimate of drug-likeness (QED) is 0.721. The second-order valence-corrected chi connectivity index (χ2v) is 5.34. The van der Waals surface area contributed by atoms with Crippen molar-refractivity contribution in [1.82, 2.24) is 0 Å². The van der Waals surface area contributed by atoms with E-state index in [1.165, 1.54) is 12.1 Å². The minimum Gasteiger partial charge on any atom is -0.507 e. The summed E-state index contributed by atoms with van der Waals surface area (Å²) in [6.45, 7) is 3.61. The number of carbonyl (C=O) groups excluding carboxylic acids is 2. The van der Waals surface area contributed by atoms with Crippen molar-refractivity contribution in [2.75, 3.05) is 5.32 Å². The van der Waals surface area contributed by atoms with E-state index in [0.29, 0.717) is 28.7 Å². The van der Waals surface area contributed by atoms with Gasteiger partial charge in [-0.3, -0.25) is 9.59 Å². The molecule has 3 rings (SSSR count). The van der Waals surface area contributed by atoms with Gasteiger partial charge in [0, 0.05) is 11.1 Å². The van der Waals surface area contributed by atoms with Crippen LogP contribution in [0.4, 0.5) is 5.69 Å². The maximum Gasteiger partial charge on any atom is 0.259 e. The van der Waals surface area contributed by atoms with Gasteiger partial charge in [0.15, 0.2) is 6.29 Å². The fraction of sp³-hybridized carbons (Fsp3) is 0.111. The predicted octanol–water partition coefficient (Wildman–Crippen LogP) is 3.82. The lowest BCUT2D eigenvalue weighted by atomic mass is 10.0. The summed E-state index contributed by atoms with van der Waals surface area (Å²) in [5.74, 6) is -0.185. The van der Waals surface area contributed by atoms with E-state index in [9.17, 15) is 14.7 Å². The number of anilines is 1.